The summed E-state index contributed by atoms with van der Waals surface area (Å²) in [5.74, 6) is -0.451. The fraction of sp³-hybridized carbons (Fsp3) is 0.429. The van der Waals surface area contributed by atoms with Crippen molar-refractivity contribution in [2.75, 3.05) is 24.7 Å². The molecule has 4 nitrogen and oxygen atoms in total. The molecular weight excluding hydrogens is 277 g/mol. The summed E-state index contributed by atoms with van der Waals surface area (Å²) in [6.45, 7) is 1.02. The van der Waals surface area contributed by atoms with Gasteiger partial charge in [-0.15, -0.1) is 11.8 Å². The molecule has 1 aromatic rings. The number of carbonyl (C=O) groups is 1. The lowest BCUT2D eigenvalue weighted by atomic mass is 9.97. The van der Waals surface area contributed by atoms with Gasteiger partial charge >= 0.3 is 6.03 Å². The van der Waals surface area contributed by atoms with Crippen LogP contribution in [0, 0.1) is 17.1 Å². The molecule has 2 amide bonds. The number of likely N-dealkylation sites (tertiary alicyclic amines) is 1. The highest BCUT2D eigenvalue weighted by atomic mass is 32.2. The van der Waals surface area contributed by atoms with E-state index in [2.05, 4.69) is 11.4 Å². The van der Waals surface area contributed by atoms with Crippen molar-refractivity contribution in [3.05, 3.63) is 30.1 Å². The zero-order valence-electron chi connectivity index (χ0n) is 11.2. The zero-order valence-corrected chi connectivity index (χ0v) is 12.0. The third kappa shape index (κ3) is 3.05. The van der Waals surface area contributed by atoms with Gasteiger partial charge in [0.05, 0.1) is 11.8 Å². The van der Waals surface area contributed by atoms with Crippen molar-refractivity contribution in [3.63, 3.8) is 0 Å². The standard InChI is InChI=1S/C14H16FN3OS/c1-20-14(10-16)6-8-18(9-7-14)13(19)17-12-5-3-2-4-11(12)15/h2-5H,6-9H2,1H3,(H,17,19). The first-order chi connectivity index (χ1) is 9.60. The predicted molar refractivity (Wildman–Crippen MR) is 78.1 cm³/mol. The first-order valence-corrected chi connectivity index (χ1v) is 7.59. The minimum atomic E-state index is -0.451. The van der Waals surface area contributed by atoms with Crippen molar-refractivity contribution in [2.45, 2.75) is 17.6 Å². The first-order valence-electron chi connectivity index (χ1n) is 6.37. The van der Waals surface area contributed by atoms with Crippen molar-refractivity contribution in [1.29, 1.82) is 5.26 Å². The summed E-state index contributed by atoms with van der Waals surface area (Å²) in [7, 11) is 0. The highest BCUT2D eigenvalue weighted by Crippen LogP contribution is 2.33. The SMILES string of the molecule is CSC1(C#N)CCN(C(=O)Nc2ccccc2F)CC1. The van der Waals surface area contributed by atoms with Gasteiger partial charge in [-0.2, -0.15) is 5.26 Å². The Kier molecular flexibility index (Phi) is 4.50. The van der Waals surface area contributed by atoms with Gasteiger partial charge in [0.1, 0.15) is 10.6 Å². The third-order valence-corrected chi connectivity index (χ3v) is 4.85. The van der Waals surface area contributed by atoms with Gasteiger partial charge in [-0.05, 0) is 31.2 Å². The van der Waals surface area contributed by atoms with E-state index in [9.17, 15) is 14.4 Å². The summed E-state index contributed by atoms with van der Waals surface area (Å²) < 4.78 is 13.1. The number of halogens is 1. The summed E-state index contributed by atoms with van der Waals surface area (Å²) in [6.07, 6.45) is 3.18. The molecule has 0 spiro atoms. The highest BCUT2D eigenvalue weighted by Gasteiger charge is 2.35. The molecule has 0 aromatic heterocycles. The van der Waals surface area contributed by atoms with E-state index in [1.807, 2.05) is 6.26 Å². The quantitative estimate of drug-likeness (QED) is 0.911. The van der Waals surface area contributed by atoms with E-state index < -0.39 is 10.6 Å². The summed E-state index contributed by atoms with van der Waals surface area (Å²) >= 11 is 1.53. The summed E-state index contributed by atoms with van der Waals surface area (Å²) in [5, 5.41) is 11.8. The molecule has 20 heavy (non-hydrogen) atoms. The van der Waals surface area contributed by atoms with Crippen molar-refractivity contribution in [1.82, 2.24) is 4.90 Å². The number of piperidine rings is 1. The van der Waals surface area contributed by atoms with Crippen LogP contribution >= 0.6 is 11.8 Å². The van der Waals surface area contributed by atoms with Crippen molar-refractivity contribution < 1.29 is 9.18 Å². The van der Waals surface area contributed by atoms with Gasteiger partial charge in [0.2, 0.25) is 0 Å². The number of hydrogen-bond donors (Lipinski definition) is 1. The first kappa shape index (κ1) is 14.7. The van der Waals surface area contributed by atoms with Gasteiger partial charge in [0, 0.05) is 13.1 Å². The fourth-order valence-electron chi connectivity index (χ4n) is 2.19. The average molecular weight is 293 g/mol. The molecule has 0 radical (unpaired) electrons. The number of urea groups is 1. The van der Waals surface area contributed by atoms with Crippen LogP contribution in [0.3, 0.4) is 0 Å². The van der Waals surface area contributed by atoms with Crippen molar-refractivity contribution in [2.24, 2.45) is 0 Å². The van der Waals surface area contributed by atoms with Crippen molar-refractivity contribution >= 4 is 23.5 Å². The van der Waals surface area contributed by atoms with E-state index in [0.29, 0.717) is 25.9 Å². The molecule has 1 saturated heterocycles. The number of hydrogen-bond acceptors (Lipinski definition) is 3. The molecule has 1 heterocycles. The summed E-state index contributed by atoms with van der Waals surface area (Å²) in [4.78, 5) is 13.7. The molecular formula is C14H16FN3OS. The molecule has 1 N–H and O–H groups in total. The fourth-order valence-corrected chi connectivity index (χ4v) is 2.87. The normalized spacial score (nSPS) is 17.4. The number of rotatable bonds is 2. The minimum absolute atomic E-state index is 0.180. The predicted octanol–water partition coefficient (Wildman–Crippen LogP) is 3.08. The second-order valence-electron chi connectivity index (χ2n) is 4.71. The monoisotopic (exact) mass is 293 g/mol. The number of nitrogens with zero attached hydrogens (tertiary/aromatic N) is 2. The van der Waals surface area contributed by atoms with Crippen LogP contribution in [0.2, 0.25) is 0 Å². The molecule has 0 bridgehead atoms. The Bertz CT molecular complexity index is 535. The number of para-hydroxylation sites is 1. The molecule has 0 unspecified atom stereocenters. The second kappa shape index (κ2) is 6.14. The number of benzene rings is 1. The average Bonchev–Trinajstić information content (AvgIpc) is 2.49. The lowest BCUT2D eigenvalue weighted by Crippen LogP contribution is -2.46. The van der Waals surface area contributed by atoms with Gasteiger partial charge in [-0.3, -0.25) is 0 Å². The molecule has 6 heteroatoms. The molecule has 1 aliphatic heterocycles. The Morgan fingerprint density at radius 3 is 2.65 bits per heavy atom. The topological polar surface area (TPSA) is 56.1 Å². The number of nitrogens with one attached hydrogen (secondary N) is 1. The van der Waals surface area contributed by atoms with E-state index >= 15 is 0 Å². The number of carbonyl (C=O) groups excluding carboxylic acids is 1. The molecule has 0 atom stereocenters. The molecule has 0 saturated carbocycles. The lowest BCUT2D eigenvalue weighted by Gasteiger charge is -2.36. The molecule has 106 valence electrons. The molecule has 1 aromatic carbocycles. The van der Waals surface area contributed by atoms with Gasteiger partial charge < -0.3 is 10.2 Å². The van der Waals surface area contributed by atoms with Crippen LogP contribution in [0.1, 0.15) is 12.8 Å². The molecule has 1 fully saturated rings. The van der Waals surface area contributed by atoms with E-state index in [1.165, 1.54) is 23.9 Å². The van der Waals surface area contributed by atoms with Crippen LogP contribution in [0.4, 0.5) is 14.9 Å². The lowest BCUT2D eigenvalue weighted by molar-refractivity contribution is 0.196. The Morgan fingerprint density at radius 2 is 2.10 bits per heavy atom. The Morgan fingerprint density at radius 1 is 1.45 bits per heavy atom. The maximum atomic E-state index is 13.5. The zero-order chi connectivity index (χ0) is 14.6. The smallest absolute Gasteiger partial charge is 0.321 e. The van der Waals surface area contributed by atoms with Crippen LogP contribution in [0.25, 0.3) is 0 Å². The van der Waals surface area contributed by atoms with Gasteiger partial charge in [-0.1, -0.05) is 12.1 Å². The van der Waals surface area contributed by atoms with Crippen LogP contribution in [0.5, 0.6) is 0 Å². The third-order valence-electron chi connectivity index (χ3n) is 3.57. The van der Waals surface area contributed by atoms with E-state index in [0.717, 1.165) is 0 Å². The Labute approximate surface area is 121 Å². The number of amides is 2. The summed E-state index contributed by atoms with van der Waals surface area (Å²) in [6, 6.07) is 8.09. The Hall–Kier alpha value is -1.74. The number of nitriles is 1. The minimum Gasteiger partial charge on any atom is -0.324 e. The number of anilines is 1. The van der Waals surface area contributed by atoms with Crippen LogP contribution in [0.15, 0.2) is 24.3 Å². The van der Waals surface area contributed by atoms with Crippen LogP contribution < -0.4 is 5.32 Å². The maximum Gasteiger partial charge on any atom is 0.321 e. The van der Waals surface area contributed by atoms with Gasteiger partial charge in [0.15, 0.2) is 0 Å². The second-order valence-corrected chi connectivity index (χ2v) is 5.90. The van der Waals surface area contributed by atoms with Crippen molar-refractivity contribution in [3.8, 4) is 6.07 Å². The van der Waals surface area contributed by atoms with Gasteiger partial charge in [0.25, 0.3) is 0 Å². The Balaban J connectivity index is 1.96. The summed E-state index contributed by atoms with van der Waals surface area (Å²) in [5.41, 5.74) is 0.180. The van der Waals surface area contributed by atoms with Crippen LogP contribution in [-0.4, -0.2) is 35.0 Å². The highest BCUT2D eigenvalue weighted by molar-refractivity contribution is 8.00. The molecule has 0 aliphatic carbocycles. The van der Waals surface area contributed by atoms with E-state index in [1.54, 1.807) is 17.0 Å². The van der Waals surface area contributed by atoms with E-state index in [4.69, 9.17) is 0 Å². The molecule has 2 rings (SSSR count). The van der Waals surface area contributed by atoms with Crippen LogP contribution in [-0.2, 0) is 0 Å². The van der Waals surface area contributed by atoms with E-state index in [-0.39, 0.29) is 11.7 Å². The largest absolute Gasteiger partial charge is 0.324 e. The van der Waals surface area contributed by atoms with Gasteiger partial charge in [-0.25, -0.2) is 9.18 Å². The molecule has 1 aliphatic rings. The number of thioether (sulfide) groups is 1. The maximum absolute atomic E-state index is 13.5.